The van der Waals surface area contributed by atoms with Crippen molar-refractivity contribution in [2.75, 3.05) is 25.5 Å². The first-order valence-electron chi connectivity index (χ1n) is 8.35. The molecule has 8 nitrogen and oxygen atoms in total. The molecule has 1 saturated carbocycles. The van der Waals surface area contributed by atoms with Crippen LogP contribution in [0.15, 0.2) is 12.1 Å². The van der Waals surface area contributed by atoms with Crippen LogP contribution in [0.5, 0.6) is 0 Å². The van der Waals surface area contributed by atoms with Gasteiger partial charge in [-0.1, -0.05) is 6.92 Å². The molecular weight excluding hydrogens is 364 g/mol. The average molecular weight is 385 g/mol. The molecule has 0 aromatic heterocycles. The van der Waals surface area contributed by atoms with Gasteiger partial charge >= 0.3 is 18.0 Å². The van der Waals surface area contributed by atoms with Crippen LogP contribution in [0.1, 0.15) is 30.1 Å². The number of carboxylic acids is 1. The van der Waals surface area contributed by atoms with Crippen molar-refractivity contribution in [1.29, 1.82) is 0 Å². The van der Waals surface area contributed by atoms with Crippen molar-refractivity contribution in [3.8, 4) is 0 Å². The SMILES string of the molecule is CCN(CC(=O)O)C1CC(NC(=O)Nc2cc(C(=O)OC)c(F)cc2F)C1. The fraction of sp³-hybridized carbons (Fsp3) is 0.471. The predicted molar refractivity (Wildman–Crippen MR) is 91.5 cm³/mol. The van der Waals surface area contributed by atoms with Crippen molar-refractivity contribution < 1.29 is 33.0 Å². The molecule has 1 aromatic rings. The summed E-state index contributed by atoms with van der Waals surface area (Å²) in [6.45, 7) is 2.36. The maximum Gasteiger partial charge on any atom is 0.340 e. The van der Waals surface area contributed by atoms with Gasteiger partial charge in [0, 0.05) is 18.2 Å². The maximum atomic E-state index is 13.8. The number of carbonyl (C=O) groups is 3. The third-order valence-corrected chi connectivity index (χ3v) is 4.42. The smallest absolute Gasteiger partial charge is 0.340 e. The molecule has 0 spiro atoms. The number of carboxylic acid groups (broad SMARTS) is 1. The van der Waals surface area contributed by atoms with Gasteiger partial charge in [-0.3, -0.25) is 9.69 Å². The Balaban J connectivity index is 1.92. The zero-order valence-corrected chi connectivity index (χ0v) is 14.9. The molecule has 0 radical (unpaired) electrons. The number of halogens is 2. The Morgan fingerprint density at radius 1 is 1.26 bits per heavy atom. The number of amides is 2. The van der Waals surface area contributed by atoms with Gasteiger partial charge < -0.3 is 20.5 Å². The van der Waals surface area contributed by atoms with E-state index in [-0.39, 0.29) is 24.3 Å². The molecule has 1 aromatic carbocycles. The molecule has 0 atom stereocenters. The molecule has 0 unspecified atom stereocenters. The number of esters is 1. The summed E-state index contributed by atoms with van der Waals surface area (Å²) < 4.78 is 31.8. The van der Waals surface area contributed by atoms with Gasteiger partial charge in [0.15, 0.2) is 0 Å². The van der Waals surface area contributed by atoms with Gasteiger partial charge in [0.2, 0.25) is 0 Å². The summed E-state index contributed by atoms with van der Waals surface area (Å²) in [5.41, 5.74) is -0.851. The number of aliphatic carboxylic acids is 1. The number of likely N-dealkylation sites (N-methyl/N-ethyl adjacent to an activating group) is 1. The van der Waals surface area contributed by atoms with Gasteiger partial charge in [0.1, 0.15) is 11.6 Å². The third-order valence-electron chi connectivity index (χ3n) is 4.42. The van der Waals surface area contributed by atoms with Gasteiger partial charge in [0.25, 0.3) is 0 Å². The number of methoxy groups -OCH3 is 1. The second kappa shape index (κ2) is 8.76. The molecule has 2 amide bonds. The van der Waals surface area contributed by atoms with E-state index in [0.717, 1.165) is 13.2 Å². The molecule has 0 bridgehead atoms. The van der Waals surface area contributed by atoms with Crippen molar-refractivity contribution in [2.24, 2.45) is 0 Å². The zero-order valence-electron chi connectivity index (χ0n) is 14.9. The van der Waals surface area contributed by atoms with Crippen molar-refractivity contribution in [3.63, 3.8) is 0 Å². The van der Waals surface area contributed by atoms with E-state index in [1.807, 2.05) is 6.92 Å². The van der Waals surface area contributed by atoms with Gasteiger partial charge in [-0.15, -0.1) is 0 Å². The first-order chi connectivity index (χ1) is 12.7. The fourth-order valence-corrected chi connectivity index (χ4v) is 2.93. The van der Waals surface area contributed by atoms with Crippen LogP contribution in [0.3, 0.4) is 0 Å². The van der Waals surface area contributed by atoms with E-state index < -0.39 is 35.2 Å². The summed E-state index contributed by atoms with van der Waals surface area (Å²) in [7, 11) is 1.06. The van der Waals surface area contributed by atoms with Crippen molar-refractivity contribution in [1.82, 2.24) is 10.2 Å². The van der Waals surface area contributed by atoms with E-state index in [9.17, 15) is 23.2 Å². The molecule has 10 heteroatoms. The standard InChI is InChI=1S/C17H21F2N3O5/c1-3-22(8-15(23)24)10-4-9(5-10)20-17(26)21-14-6-11(16(25)27-2)12(18)7-13(14)19/h6-7,9-10H,3-5,8H2,1-2H3,(H,23,24)(H2,20,21,26). The zero-order chi connectivity index (χ0) is 20.1. The van der Waals surface area contributed by atoms with Crippen LogP contribution in [0.2, 0.25) is 0 Å². The van der Waals surface area contributed by atoms with E-state index in [1.165, 1.54) is 0 Å². The lowest BCUT2D eigenvalue weighted by Gasteiger charge is -2.42. The van der Waals surface area contributed by atoms with Crippen LogP contribution in [0, 0.1) is 11.6 Å². The van der Waals surface area contributed by atoms with Crippen molar-refractivity contribution in [3.05, 3.63) is 29.3 Å². The first kappa shape index (κ1) is 20.6. The second-order valence-corrected chi connectivity index (χ2v) is 6.18. The lowest BCUT2D eigenvalue weighted by atomic mass is 9.85. The van der Waals surface area contributed by atoms with E-state index in [4.69, 9.17) is 5.11 Å². The minimum atomic E-state index is -1.09. The van der Waals surface area contributed by atoms with Crippen molar-refractivity contribution in [2.45, 2.75) is 31.8 Å². The summed E-state index contributed by atoms with van der Waals surface area (Å²) in [5, 5.41) is 13.7. The van der Waals surface area contributed by atoms with Gasteiger partial charge in [-0.25, -0.2) is 18.4 Å². The molecule has 1 fully saturated rings. The van der Waals surface area contributed by atoms with Crippen LogP contribution in [-0.4, -0.2) is 60.3 Å². The van der Waals surface area contributed by atoms with Crippen LogP contribution in [-0.2, 0) is 9.53 Å². The molecule has 0 aliphatic heterocycles. The number of hydrogen-bond acceptors (Lipinski definition) is 5. The molecule has 27 heavy (non-hydrogen) atoms. The van der Waals surface area contributed by atoms with Crippen LogP contribution in [0.25, 0.3) is 0 Å². The van der Waals surface area contributed by atoms with Crippen LogP contribution >= 0.6 is 0 Å². The topological polar surface area (TPSA) is 108 Å². The number of benzene rings is 1. The highest BCUT2D eigenvalue weighted by Gasteiger charge is 2.34. The summed E-state index contributed by atoms with van der Waals surface area (Å²) in [6, 6.07) is 0.504. The predicted octanol–water partition coefficient (Wildman–Crippen LogP) is 1.81. The number of carbonyl (C=O) groups excluding carboxylic acids is 2. The minimum Gasteiger partial charge on any atom is -0.480 e. The maximum absolute atomic E-state index is 13.8. The Labute approximate surface area is 154 Å². The number of nitrogens with one attached hydrogen (secondary N) is 2. The molecule has 1 aliphatic carbocycles. The highest BCUT2D eigenvalue weighted by molar-refractivity contribution is 5.94. The van der Waals surface area contributed by atoms with Crippen LogP contribution in [0.4, 0.5) is 19.3 Å². The van der Waals surface area contributed by atoms with Crippen molar-refractivity contribution >= 4 is 23.7 Å². The number of hydrogen-bond donors (Lipinski definition) is 3. The normalized spacial score (nSPS) is 18.6. The molecular formula is C17H21F2N3O5. The lowest BCUT2D eigenvalue weighted by molar-refractivity contribution is -0.139. The largest absolute Gasteiger partial charge is 0.480 e. The summed E-state index contributed by atoms with van der Waals surface area (Å²) in [4.78, 5) is 36.1. The highest BCUT2D eigenvalue weighted by atomic mass is 19.1. The van der Waals surface area contributed by atoms with Gasteiger partial charge in [0.05, 0.1) is 24.9 Å². The van der Waals surface area contributed by atoms with Gasteiger partial charge in [-0.2, -0.15) is 0 Å². The van der Waals surface area contributed by atoms with E-state index in [1.54, 1.807) is 4.90 Å². The van der Waals surface area contributed by atoms with Crippen LogP contribution < -0.4 is 10.6 Å². The van der Waals surface area contributed by atoms with E-state index >= 15 is 0 Å². The number of anilines is 1. The summed E-state index contributed by atoms with van der Waals surface area (Å²) >= 11 is 0. The first-order valence-corrected chi connectivity index (χ1v) is 8.35. The summed E-state index contributed by atoms with van der Waals surface area (Å²) in [6.07, 6.45) is 1.13. The number of urea groups is 1. The van der Waals surface area contributed by atoms with Gasteiger partial charge in [-0.05, 0) is 25.5 Å². The minimum absolute atomic E-state index is 0.0462. The molecule has 1 aliphatic rings. The lowest BCUT2D eigenvalue weighted by Crippen LogP contribution is -2.55. The molecule has 3 N–H and O–H groups in total. The highest BCUT2D eigenvalue weighted by Crippen LogP contribution is 2.26. The Morgan fingerprint density at radius 3 is 2.48 bits per heavy atom. The summed E-state index contributed by atoms with van der Waals surface area (Å²) in [5.74, 6) is -4.03. The molecule has 2 rings (SSSR count). The molecule has 0 saturated heterocycles. The monoisotopic (exact) mass is 385 g/mol. The molecule has 148 valence electrons. The fourth-order valence-electron chi connectivity index (χ4n) is 2.93. The number of ether oxygens (including phenoxy) is 1. The number of rotatable bonds is 7. The molecule has 0 heterocycles. The van der Waals surface area contributed by atoms with E-state index in [0.29, 0.717) is 25.5 Å². The van der Waals surface area contributed by atoms with E-state index in [2.05, 4.69) is 15.4 Å². The number of nitrogens with zero attached hydrogens (tertiary/aromatic N) is 1. The Morgan fingerprint density at radius 2 is 1.93 bits per heavy atom. The second-order valence-electron chi connectivity index (χ2n) is 6.18. The quantitative estimate of drug-likeness (QED) is 0.618. The third kappa shape index (κ3) is 5.13. The average Bonchev–Trinajstić information content (AvgIpc) is 2.57. The Kier molecular flexibility index (Phi) is 6.67. The Bertz CT molecular complexity index is 738. The Hall–Kier alpha value is -2.75.